The van der Waals surface area contributed by atoms with Crippen LogP contribution in [0, 0.1) is 5.92 Å². The normalized spacial score (nSPS) is 23.0. The van der Waals surface area contributed by atoms with Crippen molar-refractivity contribution in [1.82, 2.24) is 0 Å². The fourth-order valence-electron chi connectivity index (χ4n) is 1.90. The minimum atomic E-state index is 0.234. The number of hydrogen-bond acceptors (Lipinski definition) is 1. The molecular formula is C10H19N. The molecule has 1 fully saturated rings. The van der Waals surface area contributed by atoms with Gasteiger partial charge in [-0.2, -0.15) is 0 Å². The van der Waals surface area contributed by atoms with Crippen LogP contribution in [0.25, 0.3) is 0 Å². The van der Waals surface area contributed by atoms with Gasteiger partial charge in [0.15, 0.2) is 0 Å². The molecule has 2 N–H and O–H groups in total. The maximum absolute atomic E-state index is 5.79. The van der Waals surface area contributed by atoms with Crippen molar-refractivity contribution in [3.8, 4) is 0 Å². The van der Waals surface area contributed by atoms with Crippen molar-refractivity contribution in [2.24, 2.45) is 11.7 Å². The van der Waals surface area contributed by atoms with Gasteiger partial charge in [-0.25, -0.2) is 0 Å². The van der Waals surface area contributed by atoms with Crippen molar-refractivity contribution in [3.63, 3.8) is 0 Å². The zero-order valence-electron chi connectivity index (χ0n) is 7.26. The van der Waals surface area contributed by atoms with Gasteiger partial charge in [0.1, 0.15) is 0 Å². The summed E-state index contributed by atoms with van der Waals surface area (Å²) in [5, 5.41) is 0. The van der Waals surface area contributed by atoms with Crippen molar-refractivity contribution in [2.45, 2.75) is 44.6 Å². The van der Waals surface area contributed by atoms with Gasteiger partial charge >= 0.3 is 0 Å². The van der Waals surface area contributed by atoms with Crippen LogP contribution < -0.4 is 5.73 Å². The summed E-state index contributed by atoms with van der Waals surface area (Å²) in [6.45, 7) is 3.70. The van der Waals surface area contributed by atoms with Crippen molar-refractivity contribution in [2.75, 3.05) is 0 Å². The Morgan fingerprint density at radius 2 is 2.00 bits per heavy atom. The minimum absolute atomic E-state index is 0.234. The first-order valence-electron chi connectivity index (χ1n) is 4.71. The molecular weight excluding hydrogens is 134 g/mol. The summed E-state index contributed by atoms with van der Waals surface area (Å²) in [5.74, 6) is 0.886. The van der Waals surface area contributed by atoms with Crippen LogP contribution in [-0.4, -0.2) is 6.04 Å². The van der Waals surface area contributed by atoms with Gasteiger partial charge < -0.3 is 5.73 Å². The third-order valence-electron chi connectivity index (χ3n) is 2.63. The van der Waals surface area contributed by atoms with E-state index in [0.29, 0.717) is 0 Å². The van der Waals surface area contributed by atoms with Crippen molar-refractivity contribution >= 4 is 0 Å². The molecule has 0 aliphatic heterocycles. The Kier molecular flexibility index (Phi) is 3.64. The lowest BCUT2D eigenvalue weighted by Gasteiger charge is -2.22. The van der Waals surface area contributed by atoms with E-state index in [1.807, 2.05) is 6.08 Å². The molecule has 1 aliphatic carbocycles. The van der Waals surface area contributed by atoms with Gasteiger partial charge in [0, 0.05) is 6.04 Å². The van der Waals surface area contributed by atoms with E-state index in [-0.39, 0.29) is 6.04 Å². The van der Waals surface area contributed by atoms with Crippen molar-refractivity contribution < 1.29 is 0 Å². The van der Waals surface area contributed by atoms with Gasteiger partial charge in [0.25, 0.3) is 0 Å². The predicted molar refractivity (Wildman–Crippen MR) is 49.4 cm³/mol. The average molecular weight is 153 g/mol. The second-order valence-electron chi connectivity index (χ2n) is 3.64. The number of hydrogen-bond donors (Lipinski definition) is 1. The van der Waals surface area contributed by atoms with E-state index < -0.39 is 0 Å². The second-order valence-corrected chi connectivity index (χ2v) is 3.64. The van der Waals surface area contributed by atoms with Gasteiger partial charge in [-0.3, -0.25) is 0 Å². The summed E-state index contributed by atoms with van der Waals surface area (Å²) < 4.78 is 0. The Bertz CT molecular complexity index is 114. The summed E-state index contributed by atoms with van der Waals surface area (Å²) in [5.41, 5.74) is 5.79. The lowest BCUT2D eigenvalue weighted by Crippen LogP contribution is -2.22. The van der Waals surface area contributed by atoms with Crippen LogP contribution in [0.15, 0.2) is 12.7 Å². The van der Waals surface area contributed by atoms with Gasteiger partial charge in [0.2, 0.25) is 0 Å². The van der Waals surface area contributed by atoms with Crippen LogP contribution in [-0.2, 0) is 0 Å². The van der Waals surface area contributed by atoms with Crippen LogP contribution >= 0.6 is 0 Å². The Morgan fingerprint density at radius 3 is 2.55 bits per heavy atom. The molecule has 1 aliphatic rings. The molecule has 1 heteroatoms. The fourth-order valence-corrected chi connectivity index (χ4v) is 1.90. The van der Waals surface area contributed by atoms with Crippen LogP contribution in [0.1, 0.15) is 38.5 Å². The van der Waals surface area contributed by atoms with Gasteiger partial charge in [-0.15, -0.1) is 6.58 Å². The summed E-state index contributed by atoms with van der Waals surface area (Å²) in [6.07, 6.45) is 10.1. The van der Waals surface area contributed by atoms with E-state index in [1.54, 1.807) is 0 Å². The van der Waals surface area contributed by atoms with E-state index in [4.69, 9.17) is 5.73 Å². The molecule has 0 unspecified atom stereocenters. The largest absolute Gasteiger partial charge is 0.324 e. The standard InChI is InChI=1S/C10H19N/c1-2-10(11)8-9-6-4-3-5-7-9/h2,9-10H,1,3-8,11H2/t10-/m1/s1. The molecule has 0 saturated heterocycles. The lowest BCUT2D eigenvalue weighted by molar-refractivity contribution is 0.330. The average Bonchev–Trinajstić information content (AvgIpc) is 2.06. The summed E-state index contributed by atoms with van der Waals surface area (Å²) in [4.78, 5) is 0. The zero-order chi connectivity index (χ0) is 8.10. The molecule has 11 heavy (non-hydrogen) atoms. The second kappa shape index (κ2) is 4.55. The molecule has 0 spiro atoms. The Hall–Kier alpha value is -0.300. The first-order chi connectivity index (χ1) is 5.33. The maximum Gasteiger partial charge on any atom is 0.0223 e. The van der Waals surface area contributed by atoms with Crippen molar-refractivity contribution in [1.29, 1.82) is 0 Å². The summed E-state index contributed by atoms with van der Waals surface area (Å²) in [6, 6.07) is 0.234. The SMILES string of the molecule is C=C[C@@H](N)CC1CCCCC1. The first kappa shape index (κ1) is 8.79. The molecule has 1 saturated carbocycles. The van der Waals surface area contributed by atoms with E-state index in [9.17, 15) is 0 Å². The number of nitrogens with two attached hydrogens (primary N) is 1. The molecule has 1 rings (SSSR count). The monoisotopic (exact) mass is 153 g/mol. The smallest absolute Gasteiger partial charge is 0.0223 e. The Balaban J connectivity index is 2.18. The Morgan fingerprint density at radius 1 is 1.36 bits per heavy atom. The molecule has 0 aromatic heterocycles. The van der Waals surface area contributed by atoms with E-state index in [1.165, 1.54) is 32.1 Å². The predicted octanol–water partition coefficient (Wildman–Crippen LogP) is 2.47. The van der Waals surface area contributed by atoms with Gasteiger partial charge in [-0.1, -0.05) is 38.2 Å². The van der Waals surface area contributed by atoms with Crippen LogP contribution in [0.5, 0.6) is 0 Å². The molecule has 64 valence electrons. The first-order valence-corrected chi connectivity index (χ1v) is 4.71. The van der Waals surface area contributed by atoms with E-state index >= 15 is 0 Å². The Labute approximate surface area is 69.7 Å². The zero-order valence-corrected chi connectivity index (χ0v) is 7.26. The van der Waals surface area contributed by atoms with Crippen LogP contribution in [0.2, 0.25) is 0 Å². The van der Waals surface area contributed by atoms with E-state index in [2.05, 4.69) is 6.58 Å². The topological polar surface area (TPSA) is 26.0 Å². The third kappa shape index (κ3) is 3.06. The highest BCUT2D eigenvalue weighted by atomic mass is 14.6. The lowest BCUT2D eigenvalue weighted by atomic mass is 9.85. The maximum atomic E-state index is 5.79. The molecule has 1 nitrogen and oxygen atoms in total. The summed E-state index contributed by atoms with van der Waals surface area (Å²) >= 11 is 0. The highest BCUT2D eigenvalue weighted by Crippen LogP contribution is 2.26. The fraction of sp³-hybridized carbons (Fsp3) is 0.800. The molecule has 1 atom stereocenters. The van der Waals surface area contributed by atoms with Crippen LogP contribution in [0.3, 0.4) is 0 Å². The quantitative estimate of drug-likeness (QED) is 0.619. The van der Waals surface area contributed by atoms with Crippen molar-refractivity contribution in [3.05, 3.63) is 12.7 Å². The van der Waals surface area contributed by atoms with Gasteiger partial charge in [0.05, 0.1) is 0 Å². The molecule has 0 amide bonds. The molecule has 0 heterocycles. The van der Waals surface area contributed by atoms with Gasteiger partial charge in [-0.05, 0) is 12.3 Å². The number of rotatable bonds is 3. The van der Waals surface area contributed by atoms with Crippen LogP contribution in [0.4, 0.5) is 0 Å². The minimum Gasteiger partial charge on any atom is -0.324 e. The molecule has 0 radical (unpaired) electrons. The molecule has 0 aromatic carbocycles. The molecule has 0 aromatic rings. The summed E-state index contributed by atoms with van der Waals surface area (Å²) in [7, 11) is 0. The highest BCUT2D eigenvalue weighted by molar-refractivity contribution is 4.84. The highest BCUT2D eigenvalue weighted by Gasteiger charge is 2.14. The molecule has 0 bridgehead atoms. The third-order valence-corrected chi connectivity index (χ3v) is 2.63. The van der Waals surface area contributed by atoms with E-state index in [0.717, 1.165) is 12.3 Å².